The number of ether oxygens (including phenoxy) is 6. The molecule has 0 N–H and O–H groups in total. The van der Waals surface area contributed by atoms with Crippen LogP contribution in [0.3, 0.4) is 0 Å². The molecule has 142 valence electrons. The highest BCUT2D eigenvalue weighted by molar-refractivity contribution is 5.77. The number of rotatable bonds is 5. The van der Waals surface area contributed by atoms with Gasteiger partial charge in [0.1, 0.15) is 18.0 Å². The first-order valence-electron chi connectivity index (χ1n) is 8.93. The van der Waals surface area contributed by atoms with Crippen LogP contribution in [0.4, 0.5) is 0 Å². The third-order valence-electron chi connectivity index (χ3n) is 5.32. The van der Waals surface area contributed by atoms with Crippen molar-refractivity contribution in [2.75, 3.05) is 27.4 Å². The van der Waals surface area contributed by atoms with Gasteiger partial charge in [-0.25, -0.2) is 0 Å². The van der Waals surface area contributed by atoms with Crippen molar-refractivity contribution in [3.8, 4) is 5.75 Å². The minimum absolute atomic E-state index is 0.0325. The fourth-order valence-corrected chi connectivity index (χ4v) is 4.00. The summed E-state index contributed by atoms with van der Waals surface area (Å²) in [6, 6.07) is 7.56. The smallest absolute Gasteiger partial charge is 0.312 e. The molecule has 3 fully saturated rings. The van der Waals surface area contributed by atoms with Gasteiger partial charge >= 0.3 is 5.97 Å². The number of methoxy groups -OCH3 is 2. The van der Waals surface area contributed by atoms with Gasteiger partial charge in [-0.05, 0) is 19.1 Å². The van der Waals surface area contributed by atoms with Gasteiger partial charge in [-0.2, -0.15) is 0 Å². The monoisotopic (exact) mass is 364 g/mol. The molecule has 0 spiro atoms. The lowest BCUT2D eigenvalue weighted by Crippen LogP contribution is -2.53. The second-order valence-electron chi connectivity index (χ2n) is 6.73. The van der Waals surface area contributed by atoms with Crippen molar-refractivity contribution < 1.29 is 33.2 Å². The molecule has 0 aromatic heterocycles. The van der Waals surface area contributed by atoms with Gasteiger partial charge in [0, 0.05) is 18.6 Å². The molecule has 0 bridgehead atoms. The molecule has 26 heavy (non-hydrogen) atoms. The van der Waals surface area contributed by atoms with Crippen LogP contribution in [-0.2, 0) is 28.5 Å². The largest absolute Gasteiger partial charge is 0.497 e. The van der Waals surface area contributed by atoms with Crippen molar-refractivity contribution >= 4 is 5.97 Å². The summed E-state index contributed by atoms with van der Waals surface area (Å²) in [5, 5.41) is 0. The van der Waals surface area contributed by atoms with Crippen molar-refractivity contribution in [3.05, 3.63) is 29.8 Å². The van der Waals surface area contributed by atoms with Crippen LogP contribution in [0, 0.1) is 11.8 Å². The van der Waals surface area contributed by atoms with Gasteiger partial charge in [0.25, 0.3) is 0 Å². The van der Waals surface area contributed by atoms with Gasteiger partial charge in [-0.1, -0.05) is 12.1 Å². The third-order valence-corrected chi connectivity index (χ3v) is 5.32. The number of esters is 1. The van der Waals surface area contributed by atoms with Crippen LogP contribution in [-0.4, -0.2) is 57.8 Å². The maximum absolute atomic E-state index is 12.1. The van der Waals surface area contributed by atoms with Crippen LogP contribution in [0.15, 0.2) is 24.3 Å². The summed E-state index contributed by atoms with van der Waals surface area (Å²) in [4.78, 5) is 12.1. The highest BCUT2D eigenvalue weighted by atomic mass is 16.7. The van der Waals surface area contributed by atoms with Crippen molar-refractivity contribution in [2.24, 2.45) is 11.8 Å². The van der Waals surface area contributed by atoms with Crippen LogP contribution in [0.25, 0.3) is 0 Å². The molecule has 1 aliphatic carbocycles. The van der Waals surface area contributed by atoms with Gasteiger partial charge < -0.3 is 28.4 Å². The number of benzene rings is 1. The Morgan fingerprint density at radius 1 is 1.15 bits per heavy atom. The van der Waals surface area contributed by atoms with Crippen molar-refractivity contribution in [1.29, 1.82) is 0 Å². The summed E-state index contributed by atoms with van der Waals surface area (Å²) in [5.74, 6) is 0.232. The molecule has 1 saturated carbocycles. The maximum Gasteiger partial charge on any atom is 0.312 e. The summed E-state index contributed by atoms with van der Waals surface area (Å²) < 4.78 is 34.1. The lowest BCUT2D eigenvalue weighted by atomic mass is 9.99. The van der Waals surface area contributed by atoms with Crippen LogP contribution in [0.5, 0.6) is 5.75 Å². The Hall–Kier alpha value is -1.67. The Bertz CT molecular complexity index is 646. The fraction of sp³-hybridized carbons (Fsp3) is 0.632. The third kappa shape index (κ3) is 2.99. The summed E-state index contributed by atoms with van der Waals surface area (Å²) in [6.07, 6.45) is -1.45. The van der Waals surface area contributed by atoms with E-state index >= 15 is 0 Å². The van der Waals surface area contributed by atoms with Crippen molar-refractivity contribution in [3.63, 3.8) is 0 Å². The summed E-state index contributed by atoms with van der Waals surface area (Å²) in [7, 11) is 3.27. The van der Waals surface area contributed by atoms with Crippen LogP contribution < -0.4 is 4.74 Å². The number of carbonyl (C=O) groups excluding carboxylic acids is 1. The first-order valence-corrected chi connectivity index (χ1v) is 8.93. The molecule has 2 heterocycles. The average molecular weight is 364 g/mol. The van der Waals surface area contributed by atoms with Crippen LogP contribution in [0.2, 0.25) is 0 Å². The lowest BCUT2D eigenvalue weighted by molar-refractivity contribution is -0.303. The van der Waals surface area contributed by atoms with Crippen LogP contribution >= 0.6 is 0 Å². The zero-order valence-corrected chi connectivity index (χ0v) is 15.1. The maximum atomic E-state index is 12.1. The van der Waals surface area contributed by atoms with E-state index in [1.807, 2.05) is 24.3 Å². The van der Waals surface area contributed by atoms with Crippen molar-refractivity contribution in [1.82, 2.24) is 0 Å². The van der Waals surface area contributed by atoms with E-state index in [1.54, 1.807) is 21.1 Å². The van der Waals surface area contributed by atoms with E-state index in [0.29, 0.717) is 13.2 Å². The second-order valence-corrected chi connectivity index (χ2v) is 6.73. The number of carbonyl (C=O) groups is 1. The predicted molar refractivity (Wildman–Crippen MR) is 89.6 cm³/mol. The first-order chi connectivity index (χ1) is 12.7. The van der Waals surface area contributed by atoms with E-state index < -0.39 is 6.29 Å². The predicted octanol–water partition coefficient (Wildman–Crippen LogP) is 1.70. The molecule has 3 aliphatic rings. The Kier molecular flexibility index (Phi) is 4.88. The molecule has 1 aromatic rings. The molecule has 4 rings (SSSR count). The molecule has 7 heteroatoms. The van der Waals surface area contributed by atoms with E-state index in [9.17, 15) is 4.79 Å². The highest BCUT2D eigenvalue weighted by Gasteiger charge is 2.67. The van der Waals surface area contributed by atoms with Gasteiger partial charge in [-0.3, -0.25) is 4.79 Å². The van der Waals surface area contributed by atoms with E-state index in [1.165, 1.54) is 0 Å². The first kappa shape index (κ1) is 17.7. The lowest BCUT2D eigenvalue weighted by Gasteiger charge is -2.42. The second kappa shape index (κ2) is 7.15. The molecule has 7 atom stereocenters. The Balaban J connectivity index is 1.48. The van der Waals surface area contributed by atoms with E-state index in [2.05, 4.69) is 0 Å². The van der Waals surface area contributed by atoms with Crippen LogP contribution in [0.1, 0.15) is 18.8 Å². The minimum Gasteiger partial charge on any atom is -0.497 e. The van der Waals surface area contributed by atoms with E-state index in [0.717, 1.165) is 11.3 Å². The topological polar surface area (TPSA) is 72.5 Å². The van der Waals surface area contributed by atoms with E-state index in [4.69, 9.17) is 28.4 Å². The SMILES string of the molecule is CCOC(=O)[C@H]1C2O[C@@H]3COC(c4ccc(OC)cc4)O[C@H]3[C@H](OC)C21. The standard InChI is InChI=1S/C19H24O7/c1-4-23-18(20)14-13-16(14)25-12-9-24-19(26-15(12)17(13)22-3)10-5-7-11(21-2)8-6-10/h5-8,12-17,19H,4,9H2,1-3H3/t12-,13?,14-,15-,16?,17-,19?/m1/s1. The van der Waals surface area contributed by atoms with Crippen molar-refractivity contribution in [2.45, 2.75) is 37.6 Å². The fourth-order valence-electron chi connectivity index (χ4n) is 4.00. The zero-order valence-electron chi connectivity index (χ0n) is 15.1. The number of hydrogen-bond acceptors (Lipinski definition) is 7. The number of fused-ring (bicyclic) bond motifs is 2. The molecule has 7 nitrogen and oxygen atoms in total. The van der Waals surface area contributed by atoms with E-state index in [-0.39, 0.29) is 42.2 Å². The Morgan fingerprint density at radius 3 is 2.58 bits per heavy atom. The minimum atomic E-state index is -0.500. The van der Waals surface area contributed by atoms with Gasteiger partial charge in [0.05, 0.1) is 38.4 Å². The van der Waals surface area contributed by atoms with Gasteiger partial charge in [0.2, 0.25) is 0 Å². The average Bonchev–Trinajstić information content (AvgIpc) is 3.39. The molecule has 3 unspecified atom stereocenters. The number of hydrogen-bond donors (Lipinski definition) is 0. The Morgan fingerprint density at radius 2 is 1.92 bits per heavy atom. The normalized spacial score (nSPS) is 38.0. The zero-order chi connectivity index (χ0) is 18.3. The molecule has 1 aromatic carbocycles. The van der Waals surface area contributed by atoms with Gasteiger partial charge in [-0.15, -0.1) is 0 Å². The van der Waals surface area contributed by atoms with Gasteiger partial charge in [0.15, 0.2) is 6.29 Å². The molecular weight excluding hydrogens is 340 g/mol. The summed E-state index contributed by atoms with van der Waals surface area (Å²) in [5.41, 5.74) is 0.902. The summed E-state index contributed by atoms with van der Waals surface area (Å²) >= 11 is 0. The molecule has 0 radical (unpaired) electrons. The molecular formula is C19H24O7. The molecule has 2 aliphatic heterocycles. The quantitative estimate of drug-likeness (QED) is 0.737. The highest BCUT2D eigenvalue weighted by Crippen LogP contribution is 2.53. The molecule has 0 amide bonds. The summed E-state index contributed by atoms with van der Waals surface area (Å²) in [6.45, 7) is 2.55. The Labute approximate surface area is 152 Å². The molecule has 2 saturated heterocycles.